The van der Waals surface area contributed by atoms with Gasteiger partial charge in [-0.05, 0) is 53.3 Å². The number of carbonyl (C=O) groups excluding carboxylic acids is 1. The van der Waals surface area contributed by atoms with Crippen molar-refractivity contribution in [3.8, 4) is 11.5 Å². The number of anilines is 1. The van der Waals surface area contributed by atoms with Crippen LogP contribution in [0.4, 0.5) is 5.69 Å². The van der Waals surface area contributed by atoms with Crippen molar-refractivity contribution in [3.05, 3.63) is 71.1 Å². The number of nitrogens with zero attached hydrogens (tertiary/aromatic N) is 1. The van der Waals surface area contributed by atoms with Gasteiger partial charge in [0, 0.05) is 40.9 Å². The maximum atomic E-state index is 13.3. The Balaban J connectivity index is 1.82. The predicted octanol–water partition coefficient (Wildman–Crippen LogP) is 4.85. The van der Waals surface area contributed by atoms with E-state index < -0.39 is 0 Å². The fraction of sp³-hybridized carbons (Fsp3) is 0.250. The number of hydrogen-bond acceptors (Lipinski definition) is 5. The van der Waals surface area contributed by atoms with Gasteiger partial charge >= 0.3 is 0 Å². The molecule has 1 aromatic heterocycles. The lowest BCUT2D eigenvalue weighted by Crippen LogP contribution is -2.33. The summed E-state index contributed by atoms with van der Waals surface area (Å²) in [5.74, 6) is -0.573. The second kappa shape index (κ2) is 6.08. The lowest BCUT2D eigenvalue weighted by atomic mass is 9.68. The van der Waals surface area contributed by atoms with Gasteiger partial charge in [-0.2, -0.15) is 0 Å². The molecule has 2 aromatic carbocycles. The number of allylic oxidation sites excluding steroid dienone is 2. The van der Waals surface area contributed by atoms with Gasteiger partial charge in [-0.3, -0.25) is 9.78 Å². The number of phenolic OH excluding ortho intramolecular Hbond substituents is 2. The second-order valence-electron chi connectivity index (χ2n) is 8.74. The Hall–Kier alpha value is -3.34. The van der Waals surface area contributed by atoms with E-state index in [-0.39, 0.29) is 28.6 Å². The third kappa shape index (κ3) is 2.77. The lowest BCUT2D eigenvalue weighted by molar-refractivity contribution is -0.118. The van der Waals surface area contributed by atoms with Crippen LogP contribution in [0.2, 0.25) is 0 Å². The summed E-state index contributed by atoms with van der Waals surface area (Å²) >= 11 is 0. The number of carbonyl (C=O) groups is 1. The van der Waals surface area contributed by atoms with Gasteiger partial charge in [0.15, 0.2) is 17.3 Å². The summed E-state index contributed by atoms with van der Waals surface area (Å²) < 4.78 is 0. The number of phenols is 2. The van der Waals surface area contributed by atoms with E-state index in [9.17, 15) is 15.0 Å². The van der Waals surface area contributed by atoms with Crippen LogP contribution in [-0.2, 0) is 4.79 Å². The molecule has 3 N–H and O–H groups in total. The summed E-state index contributed by atoms with van der Waals surface area (Å²) in [5.41, 5.74) is 5.15. The SMILES string of the molecule is CC1(C)CC(=O)C2=C(C1)Nc1ccc3ncccc3c1[C@H]2c1ccc(O)c(O)c1. The molecule has 0 amide bonds. The molecule has 5 rings (SSSR count). The molecule has 0 radical (unpaired) electrons. The standard InChI is InChI=1S/C24H22N2O3/c1-24(2)11-17-23(20(29)12-24)21(13-5-8-18(27)19(28)10-13)22-14-4-3-9-25-15(14)6-7-16(22)26-17/h3-10,21,26-28H,11-12H2,1-2H3/t21-/m1/s1. The van der Waals surface area contributed by atoms with Crippen LogP contribution < -0.4 is 5.32 Å². The molecule has 1 aliphatic carbocycles. The zero-order valence-electron chi connectivity index (χ0n) is 16.4. The first kappa shape index (κ1) is 17.7. The highest BCUT2D eigenvalue weighted by atomic mass is 16.3. The van der Waals surface area contributed by atoms with Gasteiger partial charge in [-0.1, -0.05) is 26.0 Å². The van der Waals surface area contributed by atoms with Crippen LogP contribution in [0.5, 0.6) is 11.5 Å². The van der Waals surface area contributed by atoms with Crippen LogP contribution in [-0.4, -0.2) is 21.0 Å². The number of pyridine rings is 1. The Morgan fingerprint density at radius 1 is 1.07 bits per heavy atom. The topological polar surface area (TPSA) is 82.5 Å². The van der Waals surface area contributed by atoms with Crippen molar-refractivity contribution in [1.29, 1.82) is 0 Å². The molecule has 2 heterocycles. The minimum atomic E-state index is -0.329. The number of aromatic hydroxyl groups is 2. The highest BCUT2D eigenvalue weighted by Gasteiger charge is 2.41. The minimum Gasteiger partial charge on any atom is -0.504 e. The summed E-state index contributed by atoms with van der Waals surface area (Å²) in [7, 11) is 0. The number of nitrogens with one attached hydrogen (secondary N) is 1. The smallest absolute Gasteiger partial charge is 0.162 e. The molecule has 1 aliphatic heterocycles. The van der Waals surface area contributed by atoms with Gasteiger partial charge in [0.05, 0.1) is 5.52 Å². The molecule has 0 saturated heterocycles. The molecule has 1 atom stereocenters. The first-order valence-electron chi connectivity index (χ1n) is 9.77. The summed E-state index contributed by atoms with van der Waals surface area (Å²) in [5, 5.41) is 24.5. The van der Waals surface area contributed by atoms with Crippen LogP contribution in [0, 0.1) is 5.41 Å². The van der Waals surface area contributed by atoms with E-state index >= 15 is 0 Å². The highest BCUT2D eigenvalue weighted by molar-refractivity contribution is 6.04. The number of hydrogen-bond donors (Lipinski definition) is 3. The summed E-state index contributed by atoms with van der Waals surface area (Å²) in [6, 6.07) is 12.7. The van der Waals surface area contributed by atoms with Gasteiger partial charge in [-0.25, -0.2) is 0 Å². The molecule has 0 fully saturated rings. The van der Waals surface area contributed by atoms with Crippen molar-refractivity contribution in [2.75, 3.05) is 5.32 Å². The maximum Gasteiger partial charge on any atom is 0.162 e. The van der Waals surface area contributed by atoms with Gasteiger partial charge in [-0.15, -0.1) is 0 Å². The van der Waals surface area contributed by atoms with Crippen molar-refractivity contribution >= 4 is 22.4 Å². The third-order valence-electron chi connectivity index (χ3n) is 5.94. The van der Waals surface area contributed by atoms with Crippen molar-refractivity contribution in [2.24, 2.45) is 5.41 Å². The number of rotatable bonds is 1. The van der Waals surface area contributed by atoms with Crippen molar-refractivity contribution in [3.63, 3.8) is 0 Å². The Kier molecular flexibility index (Phi) is 3.72. The molecule has 0 unspecified atom stereocenters. The number of fused-ring (bicyclic) bond motifs is 3. The minimum absolute atomic E-state index is 0.111. The maximum absolute atomic E-state index is 13.3. The van der Waals surface area contributed by atoms with Gasteiger partial charge in [0.1, 0.15) is 0 Å². The van der Waals surface area contributed by atoms with Crippen LogP contribution in [0.3, 0.4) is 0 Å². The molecular weight excluding hydrogens is 364 g/mol. The average Bonchev–Trinajstić information content (AvgIpc) is 2.67. The van der Waals surface area contributed by atoms with E-state index in [1.165, 1.54) is 6.07 Å². The van der Waals surface area contributed by atoms with Crippen molar-refractivity contribution < 1.29 is 15.0 Å². The quantitative estimate of drug-likeness (QED) is 0.521. The summed E-state index contributed by atoms with van der Waals surface area (Å²) in [6.07, 6.45) is 3.01. The first-order valence-corrected chi connectivity index (χ1v) is 9.77. The molecule has 5 heteroatoms. The Morgan fingerprint density at radius 2 is 1.90 bits per heavy atom. The fourth-order valence-electron chi connectivity index (χ4n) is 4.74. The molecule has 0 saturated carbocycles. The predicted molar refractivity (Wildman–Crippen MR) is 112 cm³/mol. The summed E-state index contributed by atoms with van der Waals surface area (Å²) in [6.45, 7) is 4.22. The second-order valence-corrected chi connectivity index (χ2v) is 8.74. The van der Waals surface area contributed by atoms with Crippen LogP contribution in [0.15, 0.2) is 59.9 Å². The molecule has 146 valence electrons. The van der Waals surface area contributed by atoms with Crippen LogP contribution in [0.1, 0.15) is 43.7 Å². The molecule has 2 aliphatic rings. The van der Waals surface area contributed by atoms with E-state index in [1.807, 2.05) is 24.3 Å². The number of ketones is 1. The van der Waals surface area contributed by atoms with Gasteiger partial charge in [0.25, 0.3) is 0 Å². The van der Waals surface area contributed by atoms with Crippen molar-refractivity contribution in [1.82, 2.24) is 4.98 Å². The molecule has 3 aromatic rings. The zero-order chi connectivity index (χ0) is 20.3. The van der Waals surface area contributed by atoms with Crippen molar-refractivity contribution in [2.45, 2.75) is 32.6 Å². The lowest BCUT2D eigenvalue weighted by Gasteiger charge is -2.40. The molecule has 0 bridgehead atoms. The van der Waals surface area contributed by atoms with Gasteiger partial charge in [0.2, 0.25) is 0 Å². The number of benzene rings is 2. The number of aromatic nitrogens is 1. The van der Waals surface area contributed by atoms with E-state index in [1.54, 1.807) is 18.3 Å². The Bertz CT molecular complexity index is 1210. The Morgan fingerprint density at radius 3 is 2.69 bits per heavy atom. The zero-order valence-corrected chi connectivity index (χ0v) is 16.4. The number of Topliss-reactive ketones (excluding diaryl/α,β-unsaturated/α-hetero) is 1. The normalized spacial score (nSPS) is 20.2. The highest BCUT2D eigenvalue weighted by Crippen LogP contribution is 2.51. The first-order chi connectivity index (χ1) is 13.8. The van der Waals surface area contributed by atoms with E-state index in [0.29, 0.717) is 6.42 Å². The molecule has 0 spiro atoms. The monoisotopic (exact) mass is 386 g/mol. The van der Waals surface area contributed by atoms with Crippen LogP contribution >= 0.6 is 0 Å². The molecule has 5 nitrogen and oxygen atoms in total. The van der Waals surface area contributed by atoms with Gasteiger partial charge < -0.3 is 15.5 Å². The fourth-order valence-corrected chi connectivity index (χ4v) is 4.74. The van der Waals surface area contributed by atoms with Crippen LogP contribution in [0.25, 0.3) is 10.9 Å². The van der Waals surface area contributed by atoms with E-state index in [2.05, 4.69) is 24.1 Å². The Labute approximate surface area is 168 Å². The average molecular weight is 386 g/mol. The molecular formula is C24H22N2O3. The van der Waals surface area contributed by atoms with E-state index in [4.69, 9.17) is 0 Å². The molecule has 29 heavy (non-hydrogen) atoms. The largest absolute Gasteiger partial charge is 0.504 e. The third-order valence-corrected chi connectivity index (χ3v) is 5.94. The summed E-state index contributed by atoms with van der Waals surface area (Å²) in [4.78, 5) is 17.8. The van der Waals surface area contributed by atoms with E-state index in [0.717, 1.165) is 45.4 Å².